The van der Waals surface area contributed by atoms with Crippen LogP contribution in [0.25, 0.3) is 21.9 Å². The van der Waals surface area contributed by atoms with Crippen LogP contribution in [0.5, 0.6) is 5.75 Å². The van der Waals surface area contributed by atoms with Crippen molar-refractivity contribution in [3.05, 3.63) is 53.9 Å². The molecule has 2 aromatic heterocycles. The van der Waals surface area contributed by atoms with Crippen LogP contribution in [0.2, 0.25) is 0 Å². The predicted molar refractivity (Wildman–Crippen MR) is 113 cm³/mol. The molecule has 0 bridgehead atoms. The zero-order chi connectivity index (χ0) is 19.7. The first-order valence-corrected chi connectivity index (χ1v) is 9.84. The highest BCUT2D eigenvalue weighted by Crippen LogP contribution is 2.31. The third-order valence-corrected chi connectivity index (χ3v) is 5.67. The van der Waals surface area contributed by atoms with E-state index in [1.54, 1.807) is 7.11 Å². The number of carbonyl (C=O) groups is 1. The largest absolute Gasteiger partial charge is 0.497 e. The molecular formula is C21H20N4O2S. The van der Waals surface area contributed by atoms with Crippen LogP contribution < -0.4 is 10.1 Å². The summed E-state index contributed by atoms with van der Waals surface area (Å²) < 4.78 is 5.31. The van der Waals surface area contributed by atoms with E-state index in [0.29, 0.717) is 0 Å². The molecule has 1 amide bonds. The maximum Gasteiger partial charge on any atom is 0.234 e. The fourth-order valence-corrected chi connectivity index (χ4v) is 3.79. The number of nitrogens with one attached hydrogen (secondary N) is 2. The molecule has 2 N–H and O–H groups in total. The highest BCUT2D eigenvalue weighted by atomic mass is 32.2. The lowest BCUT2D eigenvalue weighted by Gasteiger charge is -2.07. The van der Waals surface area contributed by atoms with Crippen molar-refractivity contribution in [2.45, 2.75) is 18.9 Å². The summed E-state index contributed by atoms with van der Waals surface area (Å²) in [6.07, 6.45) is 1.53. The number of fused-ring (bicyclic) bond motifs is 3. The summed E-state index contributed by atoms with van der Waals surface area (Å²) in [5.41, 5.74) is 5.76. The first-order chi connectivity index (χ1) is 13.5. The van der Waals surface area contributed by atoms with Gasteiger partial charge in [-0.25, -0.2) is 9.97 Å². The molecule has 0 aliphatic heterocycles. The Labute approximate surface area is 166 Å². The summed E-state index contributed by atoms with van der Waals surface area (Å²) in [6, 6.07) is 11.7. The lowest BCUT2D eigenvalue weighted by atomic mass is 10.1. The first-order valence-electron chi connectivity index (χ1n) is 8.85. The van der Waals surface area contributed by atoms with E-state index in [2.05, 4.69) is 20.3 Å². The van der Waals surface area contributed by atoms with E-state index < -0.39 is 0 Å². The number of nitrogens with zero attached hydrogens (tertiary/aromatic N) is 2. The number of benzene rings is 2. The van der Waals surface area contributed by atoms with E-state index in [4.69, 9.17) is 4.74 Å². The Bertz CT molecular complexity index is 1190. The van der Waals surface area contributed by atoms with Gasteiger partial charge in [0.05, 0.1) is 18.4 Å². The van der Waals surface area contributed by atoms with Crippen molar-refractivity contribution in [2.75, 3.05) is 18.2 Å². The van der Waals surface area contributed by atoms with E-state index in [1.807, 2.05) is 50.2 Å². The summed E-state index contributed by atoms with van der Waals surface area (Å²) in [6.45, 7) is 4.08. The standard InChI is InChI=1S/C21H20N4O2S/c1-12-4-5-14(8-13(12)2)24-18(26)10-28-21-20-19(22-11-23-21)16-9-15(27-3)6-7-17(16)25-20/h4-9,11,25H,10H2,1-3H3,(H,24,26). The van der Waals surface area contributed by atoms with Gasteiger partial charge in [0.15, 0.2) is 0 Å². The molecule has 2 heterocycles. The van der Waals surface area contributed by atoms with Crippen LogP contribution in [0.1, 0.15) is 11.1 Å². The van der Waals surface area contributed by atoms with Gasteiger partial charge >= 0.3 is 0 Å². The summed E-state index contributed by atoms with van der Waals surface area (Å²) in [7, 11) is 1.64. The smallest absolute Gasteiger partial charge is 0.234 e. The molecule has 0 aliphatic rings. The number of amides is 1. The topological polar surface area (TPSA) is 79.9 Å². The van der Waals surface area contributed by atoms with Crippen molar-refractivity contribution >= 4 is 45.3 Å². The molecule has 0 fully saturated rings. The Morgan fingerprint density at radius 1 is 1.14 bits per heavy atom. The normalized spacial score (nSPS) is 11.1. The molecular weight excluding hydrogens is 372 g/mol. The van der Waals surface area contributed by atoms with Gasteiger partial charge in [0.1, 0.15) is 22.6 Å². The zero-order valence-corrected chi connectivity index (χ0v) is 16.7. The lowest BCUT2D eigenvalue weighted by molar-refractivity contribution is -0.113. The summed E-state index contributed by atoms with van der Waals surface area (Å²) in [5.74, 6) is 0.962. The SMILES string of the molecule is COc1ccc2[nH]c3c(SCC(=O)Nc4ccc(C)c(C)c4)ncnc3c2c1. The average molecular weight is 392 g/mol. The number of hydrogen-bond acceptors (Lipinski definition) is 5. The van der Waals surface area contributed by atoms with Crippen molar-refractivity contribution < 1.29 is 9.53 Å². The Morgan fingerprint density at radius 3 is 2.79 bits per heavy atom. The Morgan fingerprint density at radius 2 is 2.00 bits per heavy atom. The molecule has 6 nitrogen and oxygen atoms in total. The minimum Gasteiger partial charge on any atom is -0.497 e. The highest BCUT2D eigenvalue weighted by Gasteiger charge is 2.13. The molecule has 142 valence electrons. The van der Waals surface area contributed by atoms with Crippen LogP contribution in [-0.4, -0.2) is 33.7 Å². The quantitative estimate of drug-likeness (QED) is 0.387. The number of methoxy groups -OCH3 is 1. The van der Waals surface area contributed by atoms with Crippen LogP contribution in [0.3, 0.4) is 0 Å². The predicted octanol–water partition coefficient (Wildman–Crippen LogP) is 4.47. The van der Waals surface area contributed by atoms with E-state index in [0.717, 1.165) is 44.0 Å². The Balaban J connectivity index is 1.54. The van der Waals surface area contributed by atoms with Crippen LogP contribution >= 0.6 is 11.8 Å². The fraction of sp³-hybridized carbons (Fsp3) is 0.190. The molecule has 0 spiro atoms. The maximum absolute atomic E-state index is 12.4. The Kier molecular flexibility index (Phi) is 4.92. The number of hydrogen-bond donors (Lipinski definition) is 2. The zero-order valence-electron chi connectivity index (χ0n) is 15.9. The number of thioether (sulfide) groups is 1. The fourth-order valence-electron chi connectivity index (χ4n) is 3.04. The number of anilines is 1. The molecule has 7 heteroatoms. The first kappa shape index (κ1) is 18.3. The molecule has 0 aliphatic carbocycles. The third kappa shape index (κ3) is 3.53. The van der Waals surface area contributed by atoms with Crippen molar-refractivity contribution in [2.24, 2.45) is 0 Å². The molecule has 0 radical (unpaired) electrons. The molecule has 2 aromatic carbocycles. The molecule has 4 rings (SSSR count). The van der Waals surface area contributed by atoms with Crippen molar-refractivity contribution in [1.29, 1.82) is 0 Å². The summed E-state index contributed by atoms with van der Waals surface area (Å²) in [5, 5.41) is 4.66. The van der Waals surface area contributed by atoms with Gasteiger partial charge in [-0.3, -0.25) is 4.79 Å². The molecule has 28 heavy (non-hydrogen) atoms. The molecule has 4 aromatic rings. The second-order valence-electron chi connectivity index (χ2n) is 6.57. The molecule has 0 saturated carbocycles. The van der Waals surface area contributed by atoms with E-state index in [1.165, 1.54) is 23.7 Å². The highest BCUT2D eigenvalue weighted by molar-refractivity contribution is 8.00. The van der Waals surface area contributed by atoms with Crippen molar-refractivity contribution in [3.8, 4) is 5.75 Å². The van der Waals surface area contributed by atoms with E-state index >= 15 is 0 Å². The average Bonchev–Trinajstić information content (AvgIpc) is 3.07. The van der Waals surface area contributed by atoms with Gasteiger partial charge in [-0.15, -0.1) is 0 Å². The second kappa shape index (κ2) is 7.52. The van der Waals surface area contributed by atoms with Crippen LogP contribution in [0, 0.1) is 13.8 Å². The van der Waals surface area contributed by atoms with Crippen LogP contribution in [0.4, 0.5) is 5.69 Å². The molecule has 0 atom stereocenters. The van der Waals surface area contributed by atoms with Crippen LogP contribution in [-0.2, 0) is 4.79 Å². The van der Waals surface area contributed by atoms with Gasteiger partial charge in [-0.1, -0.05) is 17.8 Å². The van der Waals surface area contributed by atoms with Crippen molar-refractivity contribution in [1.82, 2.24) is 15.0 Å². The lowest BCUT2D eigenvalue weighted by Crippen LogP contribution is -2.14. The number of aryl methyl sites for hydroxylation is 2. The number of rotatable bonds is 5. The molecule has 0 saturated heterocycles. The van der Waals surface area contributed by atoms with E-state index in [9.17, 15) is 4.79 Å². The monoisotopic (exact) mass is 392 g/mol. The summed E-state index contributed by atoms with van der Waals surface area (Å²) in [4.78, 5) is 24.5. The maximum atomic E-state index is 12.4. The van der Waals surface area contributed by atoms with Crippen LogP contribution in [0.15, 0.2) is 47.8 Å². The number of ether oxygens (including phenoxy) is 1. The van der Waals surface area contributed by atoms with Gasteiger partial charge in [-0.05, 0) is 55.3 Å². The van der Waals surface area contributed by atoms with Crippen molar-refractivity contribution in [3.63, 3.8) is 0 Å². The molecule has 0 unspecified atom stereocenters. The number of H-pyrrole nitrogens is 1. The van der Waals surface area contributed by atoms with Gasteiger partial charge in [0.2, 0.25) is 5.91 Å². The third-order valence-electron chi connectivity index (χ3n) is 4.68. The van der Waals surface area contributed by atoms with E-state index in [-0.39, 0.29) is 11.7 Å². The summed E-state index contributed by atoms with van der Waals surface area (Å²) >= 11 is 1.38. The van der Waals surface area contributed by atoms with Gasteiger partial charge in [0, 0.05) is 16.6 Å². The number of aromatic nitrogens is 3. The minimum absolute atomic E-state index is 0.0715. The van der Waals surface area contributed by atoms with Gasteiger partial charge < -0.3 is 15.0 Å². The number of aromatic amines is 1. The number of carbonyl (C=O) groups excluding carboxylic acids is 1. The van der Waals surface area contributed by atoms with Gasteiger partial charge in [-0.2, -0.15) is 0 Å². The van der Waals surface area contributed by atoms with Gasteiger partial charge in [0.25, 0.3) is 0 Å². The second-order valence-corrected chi connectivity index (χ2v) is 7.54. The Hall–Kier alpha value is -3.06. The minimum atomic E-state index is -0.0715.